The summed E-state index contributed by atoms with van der Waals surface area (Å²) in [6.07, 6.45) is 2.96. The number of likely N-dealkylation sites (tertiary alicyclic amines) is 1. The second-order valence-electron chi connectivity index (χ2n) is 4.64. The quantitative estimate of drug-likeness (QED) is 0.857. The normalized spacial score (nSPS) is 21.4. The van der Waals surface area contributed by atoms with Crippen LogP contribution in [0.25, 0.3) is 5.52 Å². The molecular formula is C13H17N3O. The zero-order chi connectivity index (χ0) is 11.8. The molecule has 0 radical (unpaired) electrons. The first-order chi connectivity index (χ1) is 8.29. The van der Waals surface area contributed by atoms with Gasteiger partial charge in [-0.25, -0.2) is 4.98 Å². The topological polar surface area (TPSA) is 40.8 Å². The Morgan fingerprint density at radius 2 is 2.35 bits per heavy atom. The molecule has 0 bridgehead atoms. The summed E-state index contributed by atoms with van der Waals surface area (Å²) in [6.45, 7) is 5.45. The fourth-order valence-corrected chi connectivity index (χ4v) is 2.67. The number of imidazole rings is 1. The Morgan fingerprint density at radius 3 is 3.12 bits per heavy atom. The van der Waals surface area contributed by atoms with Gasteiger partial charge in [0.1, 0.15) is 5.82 Å². The molecule has 2 aromatic heterocycles. The first kappa shape index (κ1) is 10.6. The average Bonchev–Trinajstić information content (AvgIpc) is 2.94. The van der Waals surface area contributed by atoms with Crippen molar-refractivity contribution in [3.05, 3.63) is 30.2 Å². The van der Waals surface area contributed by atoms with E-state index in [1.807, 2.05) is 22.7 Å². The Morgan fingerprint density at radius 1 is 1.47 bits per heavy atom. The monoisotopic (exact) mass is 231 g/mol. The van der Waals surface area contributed by atoms with Crippen LogP contribution in [0.5, 0.6) is 5.88 Å². The molecule has 1 aliphatic heterocycles. The standard InChI is InChI=1S/C13H17N3O/c1-2-15-7-6-10(9-15)13-14-8-11-4-3-5-12(17)16(11)13/h3-5,8,10,17H,2,6-7,9H2,1H3. The highest BCUT2D eigenvalue weighted by Crippen LogP contribution is 2.28. The zero-order valence-electron chi connectivity index (χ0n) is 10.0. The van der Waals surface area contributed by atoms with Crippen molar-refractivity contribution in [3.8, 4) is 5.88 Å². The number of fused-ring (bicyclic) bond motifs is 1. The van der Waals surface area contributed by atoms with Crippen LogP contribution < -0.4 is 0 Å². The molecule has 4 nitrogen and oxygen atoms in total. The molecule has 1 fully saturated rings. The molecule has 1 saturated heterocycles. The van der Waals surface area contributed by atoms with E-state index < -0.39 is 0 Å². The van der Waals surface area contributed by atoms with E-state index in [4.69, 9.17) is 0 Å². The number of aromatic nitrogens is 2. The summed E-state index contributed by atoms with van der Waals surface area (Å²) in [6, 6.07) is 5.54. The summed E-state index contributed by atoms with van der Waals surface area (Å²) in [4.78, 5) is 6.91. The van der Waals surface area contributed by atoms with Crippen molar-refractivity contribution in [2.75, 3.05) is 19.6 Å². The Bertz CT molecular complexity index is 534. The summed E-state index contributed by atoms with van der Waals surface area (Å²) in [5, 5.41) is 9.93. The van der Waals surface area contributed by atoms with E-state index >= 15 is 0 Å². The molecule has 3 rings (SSSR count). The van der Waals surface area contributed by atoms with Crippen molar-refractivity contribution in [2.45, 2.75) is 19.3 Å². The summed E-state index contributed by atoms with van der Waals surface area (Å²) in [5.41, 5.74) is 0.968. The van der Waals surface area contributed by atoms with Gasteiger partial charge in [-0.3, -0.25) is 4.40 Å². The van der Waals surface area contributed by atoms with Crippen molar-refractivity contribution in [2.24, 2.45) is 0 Å². The molecule has 17 heavy (non-hydrogen) atoms. The fourth-order valence-electron chi connectivity index (χ4n) is 2.67. The second-order valence-corrected chi connectivity index (χ2v) is 4.64. The van der Waals surface area contributed by atoms with Crippen LogP contribution in [0.1, 0.15) is 25.1 Å². The maximum absolute atomic E-state index is 9.93. The minimum absolute atomic E-state index is 0.282. The minimum atomic E-state index is 0.282. The van der Waals surface area contributed by atoms with Crippen LogP contribution in [0, 0.1) is 0 Å². The summed E-state index contributed by atoms with van der Waals surface area (Å²) in [5.74, 6) is 1.71. The summed E-state index contributed by atoms with van der Waals surface area (Å²) in [7, 11) is 0. The van der Waals surface area contributed by atoms with E-state index in [2.05, 4.69) is 16.8 Å². The maximum atomic E-state index is 9.93. The highest BCUT2D eigenvalue weighted by molar-refractivity contribution is 5.49. The number of hydrogen-bond donors (Lipinski definition) is 1. The van der Waals surface area contributed by atoms with Crippen molar-refractivity contribution in [1.29, 1.82) is 0 Å². The smallest absolute Gasteiger partial charge is 0.197 e. The third kappa shape index (κ3) is 1.69. The van der Waals surface area contributed by atoms with Crippen molar-refractivity contribution < 1.29 is 5.11 Å². The molecule has 2 aromatic rings. The van der Waals surface area contributed by atoms with E-state index in [0.29, 0.717) is 5.92 Å². The lowest BCUT2D eigenvalue weighted by atomic mass is 10.1. The fraction of sp³-hybridized carbons (Fsp3) is 0.462. The number of hydrogen-bond acceptors (Lipinski definition) is 3. The van der Waals surface area contributed by atoms with E-state index in [1.54, 1.807) is 6.07 Å². The molecule has 0 amide bonds. The second kappa shape index (κ2) is 4.04. The molecule has 0 aromatic carbocycles. The molecule has 1 aliphatic rings. The number of rotatable bonds is 2. The van der Waals surface area contributed by atoms with Crippen LogP contribution >= 0.6 is 0 Å². The lowest BCUT2D eigenvalue weighted by Gasteiger charge is -2.12. The Balaban J connectivity index is 2.01. The van der Waals surface area contributed by atoms with Gasteiger partial charge in [0.15, 0.2) is 5.88 Å². The van der Waals surface area contributed by atoms with E-state index in [0.717, 1.165) is 37.4 Å². The number of pyridine rings is 1. The minimum Gasteiger partial charge on any atom is -0.494 e. The molecule has 0 spiro atoms. The van der Waals surface area contributed by atoms with E-state index in [9.17, 15) is 5.11 Å². The van der Waals surface area contributed by atoms with Gasteiger partial charge in [0.25, 0.3) is 0 Å². The van der Waals surface area contributed by atoms with Gasteiger partial charge in [0.2, 0.25) is 0 Å². The van der Waals surface area contributed by atoms with Gasteiger partial charge < -0.3 is 10.0 Å². The molecular weight excluding hydrogens is 214 g/mol. The molecule has 3 heterocycles. The Kier molecular flexibility index (Phi) is 2.52. The van der Waals surface area contributed by atoms with Crippen molar-refractivity contribution >= 4 is 5.52 Å². The predicted molar refractivity (Wildman–Crippen MR) is 66.3 cm³/mol. The van der Waals surface area contributed by atoms with Gasteiger partial charge in [-0.05, 0) is 31.6 Å². The van der Waals surface area contributed by atoms with E-state index in [1.165, 1.54) is 0 Å². The first-order valence-electron chi connectivity index (χ1n) is 6.17. The average molecular weight is 231 g/mol. The number of nitrogens with zero attached hydrogens (tertiary/aromatic N) is 3. The van der Waals surface area contributed by atoms with Crippen LogP contribution in [-0.4, -0.2) is 39.0 Å². The highest BCUT2D eigenvalue weighted by Gasteiger charge is 2.26. The van der Waals surface area contributed by atoms with Gasteiger partial charge >= 0.3 is 0 Å². The lowest BCUT2D eigenvalue weighted by Crippen LogP contribution is -2.19. The third-order valence-electron chi connectivity index (χ3n) is 3.64. The number of likely N-dealkylation sites (N-methyl/N-ethyl adjacent to an activating group) is 1. The van der Waals surface area contributed by atoms with Crippen LogP contribution in [0.15, 0.2) is 24.4 Å². The maximum Gasteiger partial charge on any atom is 0.197 e. The SMILES string of the molecule is CCN1CCC(c2ncc3cccc(O)n23)C1. The molecule has 4 heteroatoms. The zero-order valence-corrected chi connectivity index (χ0v) is 10.0. The highest BCUT2D eigenvalue weighted by atomic mass is 16.3. The molecule has 0 aliphatic carbocycles. The predicted octanol–water partition coefficient (Wildman–Crippen LogP) is 1.85. The molecule has 1 unspecified atom stereocenters. The van der Waals surface area contributed by atoms with Crippen molar-refractivity contribution in [3.63, 3.8) is 0 Å². The first-order valence-corrected chi connectivity index (χ1v) is 6.17. The van der Waals surface area contributed by atoms with Gasteiger partial charge in [-0.2, -0.15) is 0 Å². The molecule has 1 N–H and O–H groups in total. The largest absolute Gasteiger partial charge is 0.494 e. The molecule has 1 atom stereocenters. The van der Waals surface area contributed by atoms with Gasteiger partial charge in [0, 0.05) is 12.5 Å². The van der Waals surface area contributed by atoms with Crippen LogP contribution in [0.2, 0.25) is 0 Å². The summed E-state index contributed by atoms with van der Waals surface area (Å²) >= 11 is 0. The van der Waals surface area contributed by atoms with Gasteiger partial charge in [-0.15, -0.1) is 0 Å². The van der Waals surface area contributed by atoms with Gasteiger partial charge in [0.05, 0.1) is 11.7 Å². The lowest BCUT2D eigenvalue weighted by molar-refractivity contribution is 0.351. The summed E-state index contributed by atoms with van der Waals surface area (Å²) < 4.78 is 1.86. The van der Waals surface area contributed by atoms with Gasteiger partial charge in [-0.1, -0.05) is 13.0 Å². The van der Waals surface area contributed by atoms with Crippen LogP contribution in [0.3, 0.4) is 0 Å². The Hall–Kier alpha value is -1.55. The molecule has 0 saturated carbocycles. The third-order valence-corrected chi connectivity index (χ3v) is 3.64. The Labute approximate surface area is 101 Å². The van der Waals surface area contributed by atoms with Crippen LogP contribution in [-0.2, 0) is 0 Å². The molecule has 90 valence electrons. The van der Waals surface area contributed by atoms with E-state index in [-0.39, 0.29) is 5.88 Å². The number of aromatic hydroxyl groups is 1. The van der Waals surface area contributed by atoms with Crippen LogP contribution in [0.4, 0.5) is 0 Å². The van der Waals surface area contributed by atoms with Crippen molar-refractivity contribution in [1.82, 2.24) is 14.3 Å².